The van der Waals surface area contributed by atoms with Crippen molar-refractivity contribution in [2.45, 2.75) is 26.5 Å². The summed E-state index contributed by atoms with van der Waals surface area (Å²) in [6.45, 7) is 3.80. The molecular formula is C20H21N3O4. The molecule has 27 heavy (non-hydrogen) atoms. The van der Waals surface area contributed by atoms with E-state index in [1.165, 1.54) is 0 Å². The summed E-state index contributed by atoms with van der Waals surface area (Å²) in [6, 6.07) is 14.9. The molecule has 1 N–H and O–H groups in total. The second-order valence-corrected chi connectivity index (χ2v) is 6.03. The molecule has 0 unspecified atom stereocenters. The molecule has 1 atom stereocenters. The zero-order valence-corrected chi connectivity index (χ0v) is 15.4. The zero-order chi connectivity index (χ0) is 19.2. The van der Waals surface area contributed by atoms with Crippen LogP contribution in [0.25, 0.3) is 11.4 Å². The number of nitrogens with zero attached hydrogens (tertiary/aromatic N) is 2. The van der Waals surface area contributed by atoms with Gasteiger partial charge in [-0.25, -0.2) is 0 Å². The lowest BCUT2D eigenvalue weighted by Gasteiger charge is -2.14. The van der Waals surface area contributed by atoms with Gasteiger partial charge in [0.05, 0.1) is 13.7 Å². The molecule has 0 radical (unpaired) electrons. The number of amides is 1. The fourth-order valence-electron chi connectivity index (χ4n) is 2.39. The molecule has 7 heteroatoms. The summed E-state index contributed by atoms with van der Waals surface area (Å²) in [6.07, 6.45) is -0.645. The Morgan fingerprint density at radius 1 is 1.19 bits per heavy atom. The van der Waals surface area contributed by atoms with Crippen molar-refractivity contribution in [2.75, 3.05) is 7.11 Å². The van der Waals surface area contributed by atoms with E-state index in [9.17, 15) is 4.79 Å². The minimum absolute atomic E-state index is 0.122. The van der Waals surface area contributed by atoms with Crippen molar-refractivity contribution >= 4 is 5.91 Å². The van der Waals surface area contributed by atoms with Crippen molar-refractivity contribution in [3.8, 4) is 22.9 Å². The van der Waals surface area contributed by atoms with Gasteiger partial charge in [0.1, 0.15) is 11.5 Å². The molecule has 0 saturated heterocycles. The molecule has 140 valence electrons. The molecule has 3 rings (SSSR count). The first-order valence-electron chi connectivity index (χ1n) is 8.53. The lowest BCUT2D eigenvalue weighted by molar-refractivity contribution is -0.127. The normalized spacial score (nSPS) is 11.7. The summed E-state index contributed by atoms with van der Waals surface area (Å²) >= 11 is 0. The van der Waals surface area contributed by atoms with Crippen LogP contribution in [0.3, 0.4) is 0 Å². The third kappa shape index (κ3) is 4.84. The number of carbonyl (C=O) groups excluding carboxylic acids is 1. The molecule has 1 aromatic heterocycles. The summed E-state index contributed by atoms with van der Waals surface area (Å²) in [4.78, 5) is 16.5. The highest BCUT2D eigenvalue weighted by molar-refractivity contribution is 5.80. The van der Waals surface area contributed by atoms with E-state index in [1.807, 2.05) is 55.5 Å². The van der Waals surface area contributed by atoms with Crippen LogP contribution in [-0.4, -0.2) is 29.3 Å². The average molecular weight is 367 g/mol. The van der Waals surface area contributed by atoms with E-state index in [2.05, 4.69) is 15.5 Å². The van der Waals surface area contributed by atoms with E-state index >= 15 is 0 Å². The fraction of sp³-hybridized carbons (Fsp3) is 0.250. The molecule has 1 heterocycles. The Labute approximate surface area is 157 Å². The summed E-state index contributed by atoms with van der Waals surface area (Å²) < 4.78 is 16.0. The number of hydrogen-bond acceptors (Lipinski definition) is 6. The van der Waals surface area contributed by atoms with Gasteiger partial charge in [-0.15, -0.1) is 0 Å². The zero-order valence-electron chi connectivity index (χ0n) is 15.4. The fourth-order valence-corrected chi connectivity index (χ4v) is 2.39. The highest BCUT2D eigenvalue weighted by Crippen LogP contribution is 2.21. The first kappa shape index (κ1) is 18.4. The minimum Gasteiger partial charge on any atom is -0.497 e. The largest absolute Gasteiger partial charge is 0.497 e. The Bertz CT molecular complexity index is 906. The van der Waals surface area contributed by atoms with Crippen LogP contribution in [0.2, 0.25) is 0 Å². The molecule has 0 spiro atoms. The van der Waals surface area contributed by atoms with Gasteiger partial charge in [0.2, 0.25) is 11.7 Å². The van der Waals surface area contributed by atoms with E-state index in [1.54, 1.807) is 14.0 Å². The highest BCUT2D eigenvalue weighted by Gasteiger charge is 2.16. The van der Waals surface area contributed by atoms with Crippen LogP contribution in [0.1, 0.15) is 18.4 Å². The number of nitrogens with one attached hydrogen (secondary N) is 1. The van der Waals surface area contributed by atoms with Gasteiger partial charge in [0, 0.05) is 5.56 Å². The third-order valence-corrected chi connectivity index (χ3v) is 3.91. The van der Waals surface area contributed by atoms with E-state index in [-0.39, 0.29) is 12.5 Å². The Morgan fingerprint density at radius 2 is 1.96 bits per heavy atom. The second kappa shape index (κ2) is 8.35. The molecule has 1 amide bonds. The van der Waals surface area contributed by atoms with Crippen LogP contribution >= 0.6 is 0 Å². The number of ether oxygens (including phenoxy) is 2. The van der Waals surface area contributed by atoms with Gasteiger partial charge in [0.15, 0.2) is 6.10 Å². The number of aryl methyl sites for hydroxylation is 1. The lowest BCUT2D eigenvalue weighted by Crippen LogP contribution is -2.35. The van der Waals surface area contributed by atoms with Crippen molar-refractivity contribution < 1.29 is 18.8 Å². The molecule has 0 bridgehead atoms. The Balaban J connectivity index is 1.55. The average Bonchev–Trinajstić information content (AvgIpc) is 3.17. The maximum atomic E-state index is 12.2. The monoisotopic (exact) mass is 367 g/mol. The molecular weight excluding hydrogens is 346 g/mol. The Morgan fingerprint density at radius 3 is 2.70 bits per heavy atom. The SMILES string of the molecule is COc1cccc(-c2noc(CNC(=O)[C@@H](C)Oc3ccc(C)cc3)n2)c1. The summed E-state index contributed by atoms with van der Waals surface area (Å²) in [5.41, 5.74) is 1.90. The molecule has 0 aliphatic carbocycles. The van der Waals surface area contributed by atoms with E-state index < -0.39 is 6.10 Å². The maximum absolute atomic E-state index is 12.2. The summed E-state index contributed by atoms with van der Waals surface area (Å²) in [7, 11) is 1.59. The van der Waals surface area contributed by atoms with Gasteiger partial charge in [-0.2, -0.15) is 4.98 Å². The van der Waals surface area contributed by atoms with Gasteiger partial charge in [-0.3, -0.25) is 4.79 Å². The third-order valence-electron chi connectivity index (χ3n) is 3.91. The van der Waals surface area contributed by atoms with E-state index in [0.717, 1.165) is 11.1 Å². The molecule has 0 saturated carbocycles. The summed E-state index contributed by atoms with van der Waals surface area (Å²) in [5, 5.41) is 6.67. The molecule has 7 nitrogen and oxygen atoms in total. The lowest BCUT2D eigenvalue weighted by atomic mass is 10.2. The van der Waals surface area contributed by atoms with Gasteiger partial charge < -0.3 is 19.3 Å². The van der Waals surface area contributed by atoms with Gasteiger partial charge in [0.25, 0.3) is 5.91 Å². The predicted octanol–water partition coefficient (Wildman–Crippen LogP) is 3.14. The molecule has 0 fully saturated rings. The van der Waals surface area contributed by atoms with Crippen molar-refractivity contribution in [3.63, 3.8) is 0 Å². The topological polar surface area (TPSA) is 86.5 Å². The first-order chi connectivity index (χ1) is 13.0. The smallest absolute Gasteiger partial charge is 0.261 e. The van der Waals surface area contributed by atoms with Gasteiger partial charge in [-0.1, -0.05) is 35.0 Å². The minimum atomic E-state index is -0.645. The predicted molar refractivity (Wildman–Crippen MR) is 99.4 cm³/mol. The number of carbonyl (C=O) groups is 1. The van der Waals surface area contributed by atoms with Crippen LogP contribution in [0, 0.1) is 6.92 Å². The number of benzene rings is 2. The second-order valence-electron chi connectivity index (χ2n) is 6.03. The van der Waals surface area contributed by atoms with Crippen LogP contribution in [0.5, 0.6) is 11.5 Å². The number of methoxy groups -OCH3 is 1. The number of rotatable bonds is 7. The highest BCUT2D eigenvalue weighted by atomic mass is 16.5. The van der Waals surface area contributed by atoms with Crippen molar-refractivity contribution in [1.82, 2.24) is 15.5 Å². The van der Waals surface area contributed by atoms with Crippen molar-refractivity contribution in [2.24, 2.45) is 0 Å². The van der Waals surface area contributed by atoms with Gasteiger partial charge in [-0.05, 0) is 38.1 Å². The van der Waals surface area contributed by atoms with Crippen LogP contribution in [0.4, 0.5) is 0 Å². The molecule has 0 aliphatic rings. The van der Waals surface area contributed by atoms with Crippen LogP contribution < -0.4 is 14.8 Å². The Kier molecular flexibility index (Phi) is 5.71. The maximum Gasteiger partial charge on any atom is 0.261 e. The van der Waals surface area contributed by atoms with E-state index in [0.29, 0.717) is 23.2 Å². The van der Waals surface area contributed by atoms with Crippen LogP contribution in [0.15, 0.2) is 53.1 Å². The quantitative estimate of drug-likeness (QED) is 0.690. The Hall–Kier alpha value is -3.35. The number of aromatic nitrogens is 2. The first-order valence-corrected chi connectivity index (χ1v) is 8.53. The molecule has 0 aliphatic heterocycles. The standard InChI is InChI=1S/C20H21N3O4/c1-13-7-9-16(10-8-13)26-14(2)20(24)21-12-18-22-19(23-27-18)15-5-4-6-17(11-15)25-3/h4-11,14H,12H2,1-3H3,(H,21,24)/t14-/m1/s1. The van der Waals surface area contributed by atoms with Gasteiger partial charge >= 0.3 is 0 Å². The van der Waals surface area contributed by atoms with Crippen LogP contribution in [-0.2, 0) is 11.3 Å². The van der Waals surface area contributed by atoms with E-state index in [4.69, 9.17) is 14.0 Å². The van der Waals surface area contributed by atoms with Crippen molar-refractivity contribution in [3.05, 3.63) is 60.0 Å². The summed E-state index contributed by atoms with van der Waals surface area (Å²) in [5.74, 6) is 1.82. The molecule has 2 aromatic carbocycles. The number of hydrogen-bond donors (Lipinski definition) is 1. The van der Waals surface area contributed by atoms with Crippen molar-refractivity contribution in [1.29, 1.82) is 0 Å². The molecule has 3 aromatic rings.